The summed E-state index contributed by atoms with van der Waals surface area (Å²) in [5.41, 5.74) is 2.25. The van der Waals surface area contributed by atoms with E-state index < -0.39 is 0 Å². The first-order valence-electron chi connectivity index (χ1n) is 6.03. The van der Waals surface area contributed by atoms with Gasteiger partial charge in [0.15, 0.2) is 0 Å². The predicted octanol–water partition coefficient (Wildman–Crippen LogP) is 5.50. The number of nitrogens with one attached hydrogen (secondary N) is 1. The van der Waals surface area contributed by atoms with Crippen molar-refractivity contribution in [3.05, 3.63) is 54.8 Å². The molecule has 0 amide bonds. The van der Waals surface area contributed by atoms with Crippen LogP contribution in [-0.2, 0) is 0 Å². The molecular formula is C14H14Br2FNS. The van der Waals surface area contributed by atoms with Crippen LogP contribution in [0.25, 0.3) is 0 Å². The molecule has 102 valence electrons. The van der Waals surface area contributed by atoms with Crippen molar-refractivity contribution in [2.75, 3.05) is 6.54 Å². The molecule has 1 aromatic carbocycles. The predicted molar refractivity (Wildman–Crippen MR) is 86.3 cm³/mol. The van der Waals surface area contributed by atoms with Gasteiger partial charge in [0.1, 0.15) is 5.82 Å². The summed E-state index contributed by atoms with van der Waals surface area (Å²) in [7, 11) is 0. The van der Waals surface area contributed by atoms with E-state index >= 15 is 0 Å². The van der Waals surface area contributed by atoms with Crippen LogP contribution in [0.5, 0.6) is 0 Å². The number of thiophene rings is 1. The number of benzene rings is 1. The molecule has 5 heteroatoms. The van der Waals surface area contributed by atoms with E-state index in [4.69, 9.17) is 0 Å². The van der Waals surface area contributed by atoms with Gasteiger partial charge >= 0.3 is 0 Å². The second-order valence-corrected chi connectivity index (χ2v) is 6.69. The van der Waals surface area contributed by atoms with Crippen molar-refractivity contribution in [1.29, 1.82) is 0 Å². The average molecular weight is 407 g/mol. The summed E-state index contributed by atoms with van der Waals surface area (Å²) in [5.74, 6) is -0.234. The van der Waals surface area contributed by atoms with Gasteiger partial charge in [-0.15, -0.1) is 0 Å². The van der Waals surface area contributed by atoms with E-state index in [0.29, 0.717) is 4.47 Å². The molecule has 2 aromatic rings. The van der Waals surface area contributed by atoms with Gasteiger partial charge in [-0.1, -0.05) is 13.0 Å². The Morgan fingerprint density at radius 2 is 2.05 bits per heavy atom. The lowest BCUT2D eigenvalue weighted by molar-refractivity contribution is 0.591. The first kappa shape index (κ1) is 15.2. The highest BCUT2D eigenvalue weighted by atomic mass is 79.9. The molecule has 0 bridgehead atoms. The molecule has 0 fully saturated rings. The van der Waals surface area contributed by atoms with Gasteiger partial charge in [-0.2, -0.15) is 11.3 Å². The maximum atomic E-state index is 13.4. The molecule has 1 atom stereocenters. The zero-order valence-corrected chi connectivity index (χ0v) is 14.4. The number of hydrogen-bond donors (Lipinski definition) is 1. The highest BCUT2D eigenvalue weighted by molar-refractivity contribution is 9.10. The maximum absolute atomic E-state index is 13.4. The minimum absolute atomic E-state index is 0.0810. The lowest BCUT2D eigenvalue weighted by atomic mass is 10.0. The minimum Gasteiger partial charge on any atom is -0.306 e. The van der Waals surface area contributed by atoms with Gasteiger partial charge in [-0.05, 0) is 73.5 Å². The Kier molecular flexibility index (Phi) is 5.57. The van der Waals surface area contributed by atoms with E-state index in [1.165, 1.54) is 11.6 Å². The fourth-order valence-electron chi connectivity index (χ4n) is 1.89. The lowest BCUT2D eigenvalue weighted by Crippen LogP contribution is -2.23. The van der Waals surface area contributed by atoms with Crippen LogP contribution < -0.4 is 5.32 Å². The molecule has 0 radical (unpaired) electrons. The average Bonchev–Trinajstić information content (AvgIpc) is 2.80. The van der Waals surface area contributed by atoms with Gasteiger partial charge in [0.2, 0.25) is 0 Å². The quantitative estimate of drug-likeness (QED) is 0.690. The summed E-state index contributed by atoms with van der Waals surface area (Å²) < 4.78 is 15.0. The Labute approximate surface area is 133 Å². The molecule has 1 heterocycles. The highest BCUT2D eigenvalue weighted by Gasteiger charge is 2.17. The van der Waals surface area contributed by atoms with Crippen LogP contribution in [-0.4, -0.2) is 6.54 Å². The molecular weight excluding hydrogens is 393 g/mol. The summed E-state index contributed by atoms with van der Waals surface area (Å²) in [5, 5.41) is 7.69. The zero-order chi connectivity index (χ0) is 13.8. The highest BCUT2D eigenvalue weighted by Crippen LogP contribution is 2.33. The Hall–Kier alpha value is -0.230. The van der Waals surface area contributed by atoms with Gasteiger partial charge in [0.05, 0.1) is 10.5 Å². The van der Waals surface area contributed by atoms with Crippen molar-refractivity contribution in [2.24, 2.45) is 0 Å². The van der Waals surface area contributed by atoms with Crippen LogP contribution in [0.1, 0.15) is 30.5 Å². The number of halogens is 3. The van der Waals surface area contributed by atoms with Crippen molar-refractivity contribution in [2.45, 2.75) is 19.4 Å². The molecule has 2 rings (SSSR count). The van der Waals surface area contributed by atoms with Crippen molar-refractivity contribution in [3.8, 4) is 0 Å². The second kappa shape index (κ2) is 6.97. The summed E-state index contributed by atoms with van der Waals surface area (Å²) in [4.78, 5) is 0. The van der Waals surface area contributed by atoms with Gasteiger partial charge in [0.25, 0.3) is 0 Å². The van der Waals surface area contributed by atoms with Crippen LogP contribution in [0.15, 0.2) is 37.9 Å². The van der Waals surface area contributed by atoms with Crippen LogP contribution >= 0.6 is 43.2 Å². The van der Waals surface area contributed by atoms with E-state index in [0.717, 1.165) is 23.0 Å². The van der Waals surface area contributed by atoms with Crippen LogP contribution in [0.4, 0.5) is 4.39 Å². The fourth-order valence-corrected chi connectivity index (χ4v) is 3.83. The largest absolute Gasteiger partial charge is 0.306 e. The van der Waals surface area contributed by atoms with Gasteiger partial charge in [-0.25, -0.2) is 4.39 Å². The van der Waals surface area contributed by atoms with E-state index in [1.54, 1.807) is 11.3 Å². The van der Waals surface area contributed by atoms with Crippen molar-refractivity contribution in [3.63, 3.8) is 0 Å². The molecule has 1 N–H and O–H groups in total. The molecule has 1 nitrogen and oxygen atoms in total. The smallest absolute Gasteiger partial charge is 0.137 e. The SMILES string of the molecule is CCCNC(c1ccc(F)c(Br)c1)c1cscc1Br. The van der Waals surface area contributed by atoms with Crippen LogP contribution in [0, 0.1) is 5.82 Å². The van der Waals surface area contributed by atoms with E-state index in [9.17, 15) is 4.39 Å². The summed E-state index contributed by atoms with van der Waals surface area (Å²) in [6.07, 6.45) is 1.06. The molecule has 0 aliphatic rings. The molecule has 0 saturated heterocycles. The first-order valence-corrected chi connectivity index (χ1v) is 8.56. The maximum Gasteiger partial charge on any atom is 0.137 e. The molecule has 1 unspecified atom stereocenters. The van der Waals surface area contributed by atoms with Crippen molar-refractivity contribution in [1.82, 2.24) is 5.32 Å². The summed E-state index contributed by atoms with van der Waals surface area (Å²) >= 11 is 8.48. The van der Waals surface area contributed by atoms with Crippen LogP contribution in [0.2, 0.25) is 0 Å². The third-order valence-electron chi connectivity index (χ3n) is 2.83. The lowest BCUT2D eigenvalue weighted by Gasteiger charge is -2.19. The van der Waals surface area contributed by atoms with Crippen molar-refractivity contribution < 1.29 is 4.39 Å². The normalized spacial score (nSPS) is 12.6. The number of rotatable bonds is 5. The summed E-state index contributed by atoms with van der Waals surface area (Å²) in [6.45, 7) is 3.05. The Morgan fingerprint density at radius 1 is 1.26 bits per heavy atom. The van der Waals surface area contributed by atoms with E-state index in [2.05, 4.69) is 54.9 Å². The van der Waals surface area contributed by atoms with Crippen molar-refractivity contribution >= 4 is 43.2 Å². The molecule has 0 saturated carbocycles. The van der Waals surface area contributed by atoms with Gasteiger partial charge in [0, 0.05) is 9.85 Å². The van der Waals surface area contributed by atoms with E-state index in [1.807, 2.05) is 12.1 Å². The third kappa shape index (κ3) is 3.66. The molecule has 0 spiro atoms. The Balaban J connectivity index is 2.37. The molecule has 1 aromatic heterocycles. The first-order chi connectivity index (χ1) is 9.13. The Morgan fingerprint density at radius 3 is 2.63 bits per heavy atom. The second-order valence-electron chi connectivity index (χ2n) is 4.24. The van der Waals surface area contributed by atoms with E-state index in [-0.39, 0.29) is 11.9 Å². The zero-order valence-electron chi connectivity index (χ0n) is 10.4. The third-order valence-corrected chi connectivity index (χ3v) is 5.19. The van der Waals surface area contributed by atoms with Gasteiger partial charge < -0.3 is 5.32 Å². The van der Waals surface area contributed by atoms with Gasteiger partial charge in [-0.3, -0.25) is 0 Å². The summed E-state index contributed by atoms with van der Waals surface area (Å²) in [6, 6.07) is 5.25. The van der Waals surface area contributed by atoms with Crippen LogP contribution in [0.3, 0.4) is 0 Å². The Bertz CT molecular complexity index is 556. The monoisotopic (exact) mass is 405 g/mol. The molecule has 19 heavy (non-hydrogen) atoms. The standard InChI is InChI=1S/C14H14Br2FNS/c1-2-5-18-14(10-7-19-8-12(10)16)9-3-4-13(17)11(15)6-9/h3-4,6-8,14,18H,2,5H2,1H3. The minimum atomic E-state index is -0.234. The fraction of sp³-hybridized carbons (Fsp3) is 0.286. The molecule has 0 aliphatic carbocycles. The number of hydrogen-bond acceptors (Lipinski definition) is 2. The molecule has 0 aliphatic heterocycles. The topological polar surface area (TPSA) is 12.0 Å².